The number of benzene rings is 3. The van der Waals surface area contributed by atoms with Gasteiger partial charge in [-0.15, -0.1) is 0 Å². The van der Waals surface area contributed by atoms with Crippen LogP contribution >= 0.6 is 23.2 Å². The van der Waals surface area contributed by atoms with E-state index >= 15 is 0 Å². The van der Waals surface area contributed by atoms with Gasteiger partial charge in [-0.1, -0.05) is 35.3 Å². The minimum Gasteiger partial charge on any atom is -0.507 e. The molecule has 0 aliphatic carbocycles. The van der Waals surface area contributed by atoms with Gasteiger partial charge in [0.2, 0.25) is 0 Å². The minimum atomic E-state index is -1.04. The van der Waals surface area contributed by atoms with Gasteiger partial charge in [0.25, 0.3) is 11.7 Å². The van der Waals surface area contributed by atoms with Crippen LogP contribution in [0.15, 0.2) is 72.3 Å². The zero-order valence-corrected chi connectivity index (χ0v) is 17.2. The number of ketones is 1. The molecule has 1 amide bonds. The molecule has 1 atom stereocenters. The highest BCUT2D eigenvalue weighted by Crippen LogP contribution is 2.43. The average molecular weight is 460 g/mol. The molecule has 31 heavy (non-hydrogen) atoms. The van der Waals surface area contributed by atoms with Crippen molar-refractivity contribution in [2.24, 2.45) is 0 Å². The van der Waals surface area contributed by atoms with E-state index in [0.29, 0.717) is 10.6 Å². The van der Waals surface area contributed by atoms with E-state index in [1.807, 2.05) is 0 Å². The van der Waals surface area contributed by atoms with Crippen LogP contribution in [0.5, 0.6) is 0 Å². The molecule has 1 fully saturated rings. The van der Waals surface area contributed by atoms with Gasteiger partial charge in [0.05, 0.1) is 16.6 Å². The predicted octanol–water partition coefficient (Wildman–Crippen LogP) is 5.90. The first-order valence-electron chi connectivity index (χ1n) is 9.05. The summed E-state index contributed by atoms with van der Waals surface area (Å²) in [6.45, 7) is 0. The number of carbonyl (C=O) groups is 2. The quantitative estimate of drug-likeness (QED) is 0.301. The SMILES string of the molecule is O=C1C(=O)N(c2ccc(F)c(Cl)c2)C(c2ccc(Cl)cc2)/C1=C(\O)c1ccc(F)cc1. The van der Waals surface area contributed by atoms with Gasteiger partial charge >= 0.3 is 0 Å². The normalized spacial score (nSPS) is 17.9. The third-order valence-corrected chi connectivity index (χ3v) is 5.47. The maximum absolute atomic E-state index is 13.7. The second-order valence-electron chi connectivity index (χ2n) is 6.83. The van der Waals surface area contributed by atoms with Gasteiger partial charge < -0.3 is 5.11 Å². The number of nitrogens with zero attached hydrogens (tertiary/aromatic N) is 1. The summed E-state index contributed by atoms with van der Waals surface area (Å²) in [7, 11) is 0. The molecule has 0 bridgehead atoms. The summed E-state index contributed by atoms with van der Waals surface area (Å²) in [5.41, 5.74) is 0.620. The highest BCUT2D eigenvalue weighted by atomic mass is 35.5. The van der Waals surface area contributed by atoms with Crippen molar-refractivity contribution in [2.75, 3.05) is 4.90 Å². The zero-order chi connectivity index (χ0) is 22.3. The third-order valence-electron chi connectivity index (χ3n) is 4.93. The number of amides is 1. The molecule has 4 nitrogen and oxygen atoms in total. The molecule has 0 spiro atoms. The summed E-state index contributed by atoms with van der Waals surface area (Å²) in [6.07, 6.45) is 0. The van der Waals surface area contributed by atoms with E-state index in [2.05, 4.69) is 0 Å². The molecular formula is C23H13Cl2F2NO3. The Morgan fingerprint density at radius 1 is 0.903 bits per heavy atom. The first-order chi connectivity index (χ1) is 14.8. The number of carbonyl (C=O) groups excluding carboxylic acids is 2. The van der Waals surface area contributed by atoms with Crippen LogP contribution in [0.2, 0.25) is 10.0 Å². The van der Waals surface area contributed by atoms with Crippen molar-refractivity contribution in [2.45, 2.75) is 6.04 Å². The number of rotatable bonds is 3. The fourth-order valence-electron chi connectivity index (χ4n) is 3.46. The van der Waals surface area contributed by atoms with E-state index in [9.17, 15) is 23.5 Å². The predicted molar refractivity (Wildman–Crippen MR) is 114 cm³/mol. The van der Waals surface area contributed by atoms with Crippen LogP contribution in [-0.4, -0.2) is 16.8 Å². The topological polar surface area (TPSA) is 57.6 Å². The third kappa shape index (κ3) is 3.80. The summed E-state index contributed by atoms with van der Waals surface area (Å²) < 4.78 is 27.0. The van der Waals surface area contributed by atoms with E-state index in [1.165, 1.54) is 24.3 Å². The van der Waals surface area contributed by atoms with Crippen molar-refractivity contribution in [3.63, 3.8) is 0 Å². The Morgan fingerprint density at radius 2 is 1.55 bits per heavy atom. The highest BCUT2D eigenvalue weighted by molar-refractivity contribution is 6.51. The minimum absolute atomic E-state index is 0.163. The molecule has 8 heteroatoms. The summed E-state index contributed by atoms with van der Waals surface area (Å²) in [5, 5.41) is 11.1. The van der Waals surface area contributed by atoms with Crippen molar-refractivity contribution in [1.82, 2.24) is 0 Å². The maximum atomic E-state index is 13.7. The summed E-state index contributed by atoms with van der Waals surface area (Å²) in [4.78, 5) is 27.0. The number of Topliss-reactive ketones (excluding diaryl/α,β-unsaturated/α-hetero) is 1. The monoisotopic (exact) mass is 459 g/mol. The van der Waals surface area contributed by atoms with E-state index in [0.717, 1.165) is 23.1 Å². The molecule has 1 N–H and O–H groups in total. The van der Waals surface area contributed by atoms with E-state index in [1.54, 1.807) is 24.3 Å². The van der Waals surface area contributed by atoms with Crippen molar-refractivity contribution in [3.05, 3.63) is 105 Å². The van der Waals surface area contributed by atoms with Gasteiger partial charge in [-0.05, 0) is 60.2 Å². The highest BCUT2D eigenvalue weighted by Gasteiger charge is 2.47. The van der Waals surface area contributed by atoms with Crippen LogP contribution in [0.3, 0.4) is 0 Å². The van der Waals surface area contributed by atoms with Crippen LogP contribution in [-0.2, 0) is 9.59 Å². The molecule has 0 radical (unpaired) electrons. The van der Waals surface area contributed by atoms with Gasteiger partial charge in [0.1, 0.15) is 17.4 Å². The number of halogens is 4. The van der Waals surface area contributed by atoms with Crippen molar-refractivity contribution < 1.29 is 23.5 Å². The fourth-order valence-corrected chi connectivity index (χ4v) is 3.76. The average Bonchev–Trinajstić information content (AvgIpc) is 3.01. The van der Waals surface area contributed by atoms with Crippen LogP contribution in [0.4, 0.5) is 14.5 Å². The molecule has 156 valence electrons. The second kappa shape index (κ2) is 8.13. The molecule has 3 aromatic rings. The number of hydrogen-bond donors (Lipinski definition) is 1. The molecule has 0 aromatic heterocycles. The molecule has 1 unspecified atom stereocenters. The Hall–Kier alpha value is -3.22. The van der Waals surface area contributed by atoms with Crippen LogP contribution < -0.4 is 4.90 Å². The van der Waals surface area contributed by atoms with Crippen molar-refractivity contribution in [1.29, 1.82) is 0 Å². The Bertz CT molecular complexity index is 1220. The van der Waals surface area contributed by atoms with Crippen molar-refractivity contribution >= 4 is 46.3 Å². The molecule has 0 saturated carbocycles. The van der Waals surface area contributed by atoms with E-state index in [-0.39, 0.29) is 21.8 Å². The van der Waals surface area contributed by atoms with Gasteiger partial charge in [-0.2, -0.15) is 0 Å². The molecule has 4 rings (SSSR count). The molecule has 1 heterocycles. The number of aliphatic hydroxyl groups is 1. The molecule has 3 aromatic carbocycles. The van der Waals surface area contributed by atoms with Crippen LogP contribution in [0, 0.1) is 11.6 Å². The van der Waals surface area contributed by atoms with Gasteiger partial charge in [0, 0.05) is 16.3 Å². The van der Waals surface area contributed by atoms with Crippen LogP contribution in [0.1, 0.15) is 17.2 Å². The maximum Gasteiger partial charge on any atom is 0.300 e. The fraction of sp³-hybridized carbons (Fsp3) is 0.0435. The van der Waals surface area contributed by atoms with Gasteiger partial charge in [-0.3, -0.25) is 14.5 Å². The smallest absolute Gasteiger partial charge is 0.300 e. The largest absolute Gasteiger partial charge is 0.507 e. The van der Waals surface area contributed by atoms with Crippen LogP contribution in [0.25, 0.3) is 5.76 Å². The number of aliphatic hydroxyl groups excluding tert-OH is 1. The summed E-state index contributed by atoms with van der Waals surface area (Å²) >= 11 is 11.9. The second-order valence-corrected chi connectivity index (χ2v) is 7.67. The van der Waals surface area contributed by atoms with E-state index < -0.39 is 35.1 Å². The van der Waals surface area contributed by atoms with Crippen molar-refractivity contribution in [3.8, 4) is 0 Å². The van der Waals surface area contributed by atoms with Gasteiger partial charge in [0.15, 0.2) is 0 Å². The lowest BCUT2D eigenvalue weighted by Crippen LogP contribution is -2.29. The zero-order valence-electron chi connectivity index (χ0n) is 15.7. The summed E-state index contributed by atoms with van der Waals surface area (Å²) in [5.74, 6) is -3.54. The Kier molecular flexibility index (Phi) is 5.52. The summed E-state index contributed by atoms with van der Waals surface area (Å²) in [6, 6.07) is 13.8. The number of anilines is 1. The standard InChI is InChI=1S/C23H13Cl2F2NO3/c24-14-5-1-12(2-6-14)20-19(21(29)13-3-7-15(26)8-4-13)22(30)23(31)28(20)16-9-10-18(27)17(25)11-16/h1-11,20,29H/b21-19+. The molecular weight excluding hydrogens is 447 g/mol. The number of hydrogen-bond acceptors (Lipinski definition) is 3. The Morgan fingerprint density at radius 3 is 2.16 bits per heavy atom. The first-order valence-corrected chi connectivity index (χ1v) is 9.81. The van der Waals surface area contributed by atoms with Gasteiger partial charge in [-0.25, -0.2) is 8.78 Å². The Balaban J connectivity index is 1.95. The first kappa shape index (κ1) is 21.0. The molecule has 1 aliphatic heterocycles. The lowest BCUT2D eigenvalue weighted by molar-refractivity contribution is -0.132. The molecule has 1 saturated heterocycles. The Labute approximate surface area is 185 Å². The van der Waals surface area contributed by atoms with E-state index in [4.69, 9.17) is 23.2 Å². The molecule has 1 aliphatic rings. The lowest BCUT2D eigenvalue weighted by atomic mass is 9.95. The lowest BCUT2D eigenvalue weighted by Gasteiger charge is -2.25.